The predicted octanol–water partition coefficient (Wildman–Crippen LogP) is 2.69. The summed E-state index contributed by atoms with van der Waals surface area (Å²) in [6.45, 7) is 3.09. The van der Waals surface area contributed by atoms with Crippen molar-refractivity contribution in [3.8, 4) is 11.5 Å². The van der Waals surface area contributed by atoms with E-state index >= 15 is 0 Å². The summed E-state index contributed by atoms with van der Waals surface area (Å²) in [6, 6.07) is 7.19. The first-order valence-corrected chi connectivity index (χ1v) is 11.4. The normalized spacial score (nSPS) is 21.0. The summed E-state index contributed by atoms with van der Waals surface area (Å²) in [7, 11) is 0. The molecule has 172 valence electrons. The molecule has 0 radical (unpaired) electrons. The molecule has 9 nitrogen and oxygen atoms in total. The van der Waals surface area contributed by atoms with Gasteiger partial charge in [0.2, 0.25) is 0 Å². The fourth-order valence-corrected chi connectivity index (χ4v) is 4.45. The molecular formula is C24H27N5O4. The fourth-order valence-electron chi connectivity index (χ4n) is 4.45. The maximum atomic E-state index is 12.4. The van der Waals surface area contributed by atoms with Crippen LogP contribution in [0.15, 0.2) is 42.9 Å². The first-order valence-electron chi connectivity index (χ1n) is 11.4. The van der Waals surface area contributed by atoms with E-state index in [9.17, 15) is 9.90 Å². The number of rotatable bonds is 5. The van der Waals surface area contributed by atoms with Crippen molar-refractivity contribution in [3.63, 3.8) is 0 Å². The molecule has 1 aliphatic heterocycles. The van der Waals surface area contributed by atoms with Gasteiger partial charge >= 0.3 is 0 Å². The first-order chi connectivity index (χ1) is 16.2. The molecule has 1 saturated carbocycles. The van der Waals surface area contributed by atoms with Crippen molar-refractivity contribution in [3.05, 3.63) is 48.5 Å². The zero-order chi connectivity index (χ0) is 22.6. The minimum atomic E-state index is -0.350. The quantitative estimate of drug-likeness (QED) is 0.612. The monoisotopic (exact) mass is 449 g/mol. The second kappa shape index (κ2) is 9.58. The van der Waals surface area contributed by atoms with E-state index in [0.29, 0.717) is 13.2 Å². The molecular weight excluding hydrogens is 422 g/mol. The number of nitrogens with zero attached hydrogens (tertiary/aromatic N) is 4. The third kappa shape index (κ3) is 4.83. The average molecular weight is 450 g/mol. The van der Waals surface area contributed by atoms with E-state index in [0.717, 1.165) is 61.2 Å². The van der Waals surface area contributed by atoms with Gasteiger partial charge in [-0.1, -0.05) is 0 Å². The lowest BCUT2D eigenvalue weighted by atomic mass is 9.92. The van der Waals surface area contributed by atoms with Gasteiger partial charge in [0.1, 0.15) is 17.0 Å². The molecule has 0 unspecified atom stereocenters. The minimum absolute atomic E-state index is 0.0231. The third-order valence-corrected chi connectivity index (χ3v) is 6.20. The average Bonchev–Trinajstić information content (AvgIpc) is 2.86. The summed E-state index contributed by atoms with van der Waals surface area (Å²) in [5.74, 6) is 0.282. The fraction of sp³-hybridized carbons (Fsp3) is 0.417. The van der Waals surface area contributed by atoms with Gasteiger partial charge in [0.05, 0.1) is 24.8 Å². The van der Waals surface area contributed by atoms with E-state index < -0.39 is 0 Å². The molecule has 2 N–H and O–H groups in total. The zero-order valence-electron chi connectivity index (χ0n) is 18.3. The SMILES string of the molecule is O=C(N[C@H]1CC[C@@H](Oc2cc(N3CCOCC3)cc3nccnc23)CC1)c1ncccc1O. The molecule has 1 saturated heterocycles. The van der Waals surface area contributed by atoms with Crippen molar-refractivity contribution in [1.82, 2.24) is 20.3 Å². The Kier molecular flexibility index (Phi) is 6.21. The largest absolute Gasteiger partial charge is 0.505 e. The molecule has 2 aromatic heterocycles. The molecule has 0 atom stereocenters. The van der Waals surface area contributed by atoms with Gasteiger partial charge in [-0.15, -0.1) is 0 Å². The maximum absolute atomic E-state index is 12.4. The Morgan fingerprint density at radius 2 is 1.85 bits per heavy atom. The zero-order valence-corrected chi connectivity index (χ0v) is 18.3. The molecule has 5 rings (SSSR count). The number of aromatic nitrogens is 3. The summed E-state index contributed by atoms with van der Waals surface area (Å²) < 4.78 is 11.9. The van der Waals surface area contributed by atoms with Crippen LogP contribution >= 0.6 is 0 Å². The molecule has 2 aliphatic rings. The molecule has 3 aromatic rings. The summed E-state index contributed by atoms with van der Waals surface area (Å²) in [5.41, 5.74) is 2.70. The highest BCUT2D eigenvalue weighted by atomic mass is 16.5. The van der Waals surface area contributed by atoms with Gasteiger partial charge < -0.3 is 24.8 Å². The van der Waals surface area contributed by atoms with E-state index in [1.165, 1.54) is 12.3 Å². The van der Waals surface area contributed by atoms with Crippen molar-refractivity contribution in [2.45, 2.75) is 37.8 Å². The topological polar surface area (TPSA) is 110 Å². The van der Waals surface area contributed by atoms with Crippen LogP contribution in [-0.2, 0) is 4.74 Å². The Labute approximate surface area is 191 Å². The number of amides is 1. The second-order valence-electron chi connectivity index (χ2n) is 8.40. The summed E-state index contributed by atoms with van der Waals surface area (Å²) in [4.78, 5) is 27.7. The Bertz CT molecular complexity index is 1130. The van der Waals surface area contributed by atoms with Gasteiger partial charge in [-0.2, -0.15) is 0 Å². The van der Waals surface area contributed by atoms with Crippen LogP contribution < -0.4 is 15.0 Å². The highest BCUT2D eigenvalue weighted by molar-refractivity contribution is 5.94. The highest BCUT2D eigenvalue weighted by Gasteiger charge is 2.26. The number of pyridine rings is 1. The number of anilines is 1. The predicted molar refractivity (Wildman–Crippen MR) is 123 cm³/mol. The number of benzene rings is 1. The minimum Gasteiger partial charge on any atom is -0.505 e. The molecule has 3 heterocycles. The van der Waals surface area contributed by atoms with Crippen LogP contribution in [0, 0.1) is 0 Å². The van der Waals surface area contributed by atoms with Crippen molar-refractivity contribution >= 4 is 22.6 Å². The highest BCUT2D eigenvalue weighted by Crippen LogP contribution is 2.33. The van der Waals surface area contributed by atoms with E-state index in [2.05, 4.69) is 37.3 Å². The Balaban J connectivity index is 1.25. The van der Waals surface area contributed by atoms with Gasteiger partial charge in [0.25, 0.3) is 5.91 Å². The standard InChI is InChI=1S/C24H27N5O4/c30-20-2-1-7-26-23(20)24(31)28-16-3-5-18(6-4-16)33-21-15-17(29-10-12-32-13-11-29)14-19-22(21)27-9-8-25-19/h1-2,7-9,14-16,18,30H,3-6,10-13H2,(H,28,31)/t16-,18+. The van der Waals surface area contributed by atoms with Gasteiger partial charge in [-0.3, -0.25) is 9.78 Å². The Morgan fingerprint density at radius 1 is 1.06 bits per heavy atom. The lowest BCUT2D eigenvalue weighted by molar-refractivity contribution is 0.0887. The number of aromatic hydroxyl groups is 1. The van der Waals surface area contributed by atoms with Gasteiger partial charge in [0, 0.05) is 49.5 Å². The molecule has 1 aromatic carbocycles. The van der Waals surface area contributed by atoms with E-state index in [-0.39, 0.29) is 29.5 Å². The van der Waals surface area contributed by atoms with Crippen molar-refractivity contribution < 1.29 is 19.4 Å². The van der Waals surface area contributed by atoms with Gasteiger partial charge in [0.15, 0.2) is 5.69 Å². The van der Waals surface area contributed by atoms with Crippen LogP contribution in [0.2, 0.25) is 0 Å². The number of hydrogen-bond donors (Lipinski definition) is 2. The van der Waals surface area contributed by atoms with E-state index in [4.69, 9.17) is 9.47 Å². The molecule has 33 heavy (non-hydrogen) atoms. The number of carbonyl (C=O) groups excluding carboxylic acids is 1. The van der Waals surface area contributed by atoms with Crippen LogP contribution in [-0.4, -0.2) is 64.4 Å². The number of hydrogen-bond acceptors (Lipinski definition) is 8. The second-order valence-corrected chi connectivity index (χ2v) is 8.40. The number of morpholine rings is 1. The number of fused-ring (bicyclic) bond motifs is 1. The van der Waals surface area contributed by atoms with Gasteiger partial charge in [-0.05, 0) is 43.9 Å². The first kappa shape index (κ1) is 21.4. The molecule has 0 spiro atoms. The van der Waals surface area contributed by atoms with Crippen LogP contribution in [0.5, 0.6) is 11.5 Å². The molecule has 0 bridgehead atoms. The number of carbonyl (C=O) groups is 1. The molecule has 2 fully saturated rings. The Morgan fingerprint density at radius 3 is 2.64 bits per heavy atom. The van der Waals surface area contributed by atoms with Crippen LogP contribution in [0.3, 0.4) is 0 Å². The smallest absolute Gasteiger partial charge is 0.273 e. The summed E-state index contributed by atoms with van der Waals surface area (Å²) in [5, 5.41) is 12.8. The molecule has 1 aliphatic carbocycles. The van der Waals surface area contributed by atoms with Crippen LogP contribution in [0.4, 0.5) is 5.69 Å². The van der Waals surface area contributed by atoms with Crippen molar-refractivity contribution in [2.75, 3.05) is 31.2 Å². The number of ether oxygens (including phenoxy) is 2. The summed E-state index contributed by atoms with van der Waals surface area (Å²) in [6.07, 6.45) is 8.11. The maximum Gasteiger partial charge on any atom is 0.273 e. The lowest BCUT2D eigenvalue weighted by Gasteiger charge is -2.31. The van der Waals surface area contributed by atoms with Crippen LogP contribution in [0.25, 0.3) is 11.0 Å². The summed E-state index contributed by atoms with van der Waals surface area (Å²) >= 11 is 0. The van der Waals surface area contributed by atoms with Gasteiger partial charge in [-0.25, -0.2) is 9.97 Å². The van der Waals surface area contributed by atoms with E-state index in [1.54, 1.807) is 18.5 Å². The third-order valence-electron chi connectivity index (χ3n) is 6.20. The van der Waals surface area contributed by atoms with Crippen LogP contribution in [0.1, 0.15) is 36.2 Å². The molecule has 9 heteroatoms. The number of nitrogens with one attached hydrogen (secondary N) is 1. The Hall–Kier alpha value is -3.46. The van der Waals surface area contributed by atoms with Crippen molar-refractivity contribution in [1.29, 1.82) is 0 Å². The van der Waals surface area contributed by atoms with E-state index in [1.807, 2.05) is 0 Å². The lowest BCUT2D eigenvalue weighted by Crippen LogP contribution is -2.40. The molecule has 1 amide bonds. The van der Waals surface area contributed by atoms with Crippen molar-refractivity contribution in [2.24, 2.45) is 0 Å².